The zero-order valence-electron chi connectivity index (χ0n) is 12.5. The molecule has 0 saturated heterocycles. The maximum Gasteiger partial charge on any atom is 0.243 e. The molecule has 0 aliphatic rings. The van der Waals surface area contributed by atoms with Crippen LogP contribution in [-0.4, -0.2) is 32.4 Å². The monoisotopic (exact) mass is 302 g/mol. The second-order valence-corrected chi connectivity index (χ2v) is 6.81. The maximum atomic E-state index is 13.7. The lowest BCUT2D eigenvalue weighted by atomic mass is 10.2. The fourth-order valence-electron chi connectivity index (χ4n) is 1.77. The van der Waals surface area contributed by atoms with E-state index in [0.29, 0.717) is 18.7 Å². The summed E-state index contributed by atoms with van der Waals surface area (Å²) in [5, 5.41) is 3.00. The average molecular weight is 302 g/mol. The van der Waals surface area contributed by atoms with Crippen LogP contribution >= 0.6 is 0 Å². The van der Waals surface area contributed by atoms with E-state index in [4.69, 9.17) is 0 Å². The Morgan fingerprint density at radius 1 is 1.35 bits per heavy atom. The van der Waals surface area contributed by atoms with E-state index >= 15 is 0 Å². The molecule has 0 fully saturated rings. The van der Waals surface area contributed by atoms with Crippen molar-refractivity contribution in [3.8, 4) is 0 Å². The van der Waals surface area contributed by atoms with Crippen molar-refractivity contribution in [2.24, 2.45) is 0 Å². The van der Waals surface area contributed by atoms with Crippen LogP contribution in [0.2, 0.25) is 0 Å². The molecule has 1 unspecified atom stereocenters. The average Bonchev–Trinajstić information content (AvgIpc) is 2.44. The van der Waals surface area contributed by atoms with Gasteiger partial charge in [-0.1, -0.05) is 13.8 Å². The van der Waals surface area contributed by atoms with Gasteiger partial charge < -0.3 is 5.32 Å². The second-order valence-electron chi connectivity index (χ2n) is 4.81. The highest BCUT2D eigenvalue weighted by molar-refractivity contribution is 7.89. The van der Waals surface area contributed by atoms with Crippen LogP contribution in [0, 0.1) is 5.82 Å². The third-order valence-corrected chi connectivity index (χ3v) is 5.44. The summed E-state index contributed by atoms with van der Waals surface area (Å²) in [7, 11) is -2.02. The summed E-state index contributed by atoms with van der Waals surface area (Å²) in [6.07, 6.45) is 0.723. The summed E-state index contributed by atoms with van der Waals surface area (Å²) in [6, 6.07) is 3.84. The van der Waals surface area contributed by atoms with Crippen LogP contribution in [0.4, 0.5) is 4.39 Å². The molecule has 6 heteroatoms. The first-order chi connectivity index (χ1) is 9.34. The molecule has 1 atom stereocenters. The van der Waals surface area contributed by atoms with Crippen LogP contribution in [-0.2, 0) is 16.6 Å². The summed E-state index contributed by atoms with van der Waals surface area (Å²) < 4.78 is 39.9. The van der Waals surface area contributed by atoms with Crippen molar-refractivity contribution in [1.29, 1.82) is 0 Å². The van der Waals surface area contributed by atoms with Crippen LogP contribution in [0.3, 0.4) is 0 Å². The number of rotatable bonds is 7. The molecule has 1 aromatic carbocycles. The number of hydrogen-bond donors (Lipinski definition) is 1. The molecule has 0 aliphatic carbocycles. The van der Waals surface area contributed by atoms with Gasteiger partial charge >= 0.3 is 0 Å². The molecule has 114 valence electrons. The van der Waals surface area contributed by atoms with Gasteiger partial charge in [-0.15, -0.1) is 0 Å². The van der Waals surface area contributed by atoms with Crippen molar-refractivity contribution in [2.45, 2.75) is 44.7 Å². The van der Waals surface area contributed by atoms with E-state index in [1.54, 1.807) is 7.05 Å². The maximum absolute atomic E-state index is 13.7. The Kier molecular flexibility index (Phi) is 6.10. The van der Waals surface area contributed by atoms with E-state index in [2.05, 4.69) is 5.32 Å². The lowest BCUT2D eigenvalue weighted by Crippen LogP contribution is -2.34. The van der Waals surface area contributed by atoms with Gasteiger partial charge in [0.2, 0.25) is 10.0 Å². The van der Waals surface area contributed by atoms with E-state index < -0.39 is 15.8 Å². The largest absolute Gasteiger partial charge is 0.313 e. The van der Waals surface area contributed by atoms with Crippen molar-refractivity contribution in [3.05, 3.63) is 29.6 Å². The molecular weight excluding hydrogens is 279 g/mol. The van der Waals surface area contributed by atoms with Crippen LogP contribution < -0.4 is 5.32 Å². The minimum Gasteiger partial charge on any atom is -0.313 e. The molecule has 0 heterocycles. The third kappa shape index (κ3) is 3.77. The molecule has 0 spiro atoms. The van der Waals surface area contributed by atoms with Crippen LogP contribution in [0.15, 0.2) is 23.1 Å². The number of hydrogen-bond acceptors (Lipinski definition) is 3. The van der Waals surface area contributed by atoms with Crippen molar-refractivity contribution in [1.82, 2.24) is 9.62 Å². The normalized spacial score (nSPS) is 13.7. The summed E-state index contributed by atoms with van der Waals surface area (Å²) in [4.78, 5) is 0.134. The summed E-state index contributed by atoms with van der Waals surface area (Å²) in [5.41, 5.74) is 0.366. The van der Waals surface area contributed by atoms with E-state index in [1.165, 1.54) is 22.5 Å². The zero-order valence-corrected chi connectivity index (χ0v) is 13.3. The van der Waals surface area contributed by atoms with Crippen molar-refractivity contribution < 1.29 is 12.8 Å². The molecule has 1 aromatic rings. The Labute approximate surface area is 121 Å². The van der Waals surface area contributed by atoms with Gasteiger partial charge in [0.25, 0.3) is 0 Å². The highest BCUT2D eigenvalue weighted by Crippen LogP contribution is 2.20. The van der Waals surface area contributed by atoms with Gasteiger partial charge in [-0.3, -0.25) is 0 Å². The third-order valence-electron chi connectivity index (χ3n) is 3.47. The zero-order chi connectivity index (χ0) is 15.3. The smallest absolute Gasteiger partial charge is 0.243 e. The standard InChI is InChI=1S/C14H23FN2O2S/c1-5-11(3)17(4)20(18,19)13-7-8-14(15)12(9-13)10-16-6-2/h7-9,11,16H,5-6,10H2,1-4H3. The van der Waals surface area contributed by atoms with Crippen molar-refractivity contribution >= 4 is 10.0 Å². The first-order valence-electron chi connectivity index (χ1n) is 6.81. The molecule has 1 N–H and O–H groups in total. The van der Waals surface area contributed by atoms with Crippen molar-refractivity contribution in [3.63, 3.8) is 0 Å². The first-order valence-corrected chi connectivity index (χ1v) is 8.25. The summed E-state index contributed by atoms with van der Waals surface area (Å²) in [6.45, 7) is 6.70. The van der Waals surface area contributed by atoms with Gasteiger partial charge in [0.05, 0.1) is 4.90 Å². The molecule has 0 aliphatic heterocycles. The molecule has 0 aromatic heterocycles. The van der Waals surface area contributed by atoms with Crippen LogP contribution in [0.5, 0.6) is 0 Å². The van der Waals surface area contributed by atoms with Gasteiger partial charge in [-0.2, -0.15) is 4.31 Å². The number of nitrogens with zero attached hydrogens (tertiary/aromatic N) is 1. The Hall–Kier alpha value is -0.980. The minimum absolute atomic E-state index is 0.0951. The fourth-order valence-corrected chi connectivity index (χ4v) is 3.25. The van der Waals surface area contributed by atoms with E-state index in [-0.39, 0.29) is 10.9 Å². The highest BCUT2D eigenvalue weighted by atomic mass is 32.2. The molecule has 4 nitrogen and oxygen atoms in total. The molecule has 0 amide bonds. The van der Waals surface area contributed by atoms with Gasteiger partial charge in [0.15, 0.2) is 0 Å². The first kappa shape index (κ1) is 17.1. The summed E-state index contributed by atoms with van der Waals surface area (Å²) in [5.74, 6) is -0.393. The topological polar surface area (TPSA) is 49.4 Å². The van der Waals surface area contributed by atoms with Crippen LogP contribution in [0.1, 0.15) is 32.8 Å². The lowest BCUT2D eigenvalue weighted by molar-refractivity contribution is 0.380. The molecular formula is C14H23FN2O2S. The Morgan fingerprint density at radius 3 is 2.55 bits per heavy atom. The summed E-state index contributed by atoms with van der Waals surface area (Å²) >= 11 is 0. The van der Waals surface area contributed by atoms with Crippen LogP contribution in [0.25, 0.3) is 0 Å². The van der Waals surface area contributed by atoms with E-state index in [1.807, 2.05) is 20.8 Å². The highest BCUT2D eigenvalue weighted by Gasteiger charge is 2.25. The Balaban J connectivity index is 3.13. The lowest BCUT2D eigenvalue weighted by Gasteiger charge is -2.23. The van der Waals surface area contributed by atoms with E-state index in [9.17, 15) is 12.8 Å². The second kappa shape index (κ2) is 7.15. The number of halogens is 1. The van der Waals surface area contributed by atoms with Gasteiger partial charge in [0.1, 0.15) is 5.82 Å². The Morgan fingerprint density at radius 2 is 2.00 bits per heavy atom. The fraction of sp³-hybridized carbons (Fsp3) is 0.571. The predicted octanol–water partition coefficient (Wildman–Crippen LogP) is 2.35. The molecule has 20 heavy (non-hydrogen) atoms. The van der Waals surface area contributed by atoms with Gasteiger partial charge in [-0.25, -0.2) is 12.8 Å². The Bertz CT molecular complexity index is 546. The van der Waals surface area contributed by atoms with Crippen molar-refractivity contribution in [2.75, 3.05) is 13.6 Å². The molecule has 1 rings (SSSR count). The molecule has 0 radical (unpaired) electrons. The number of nitrogens with one attached hydrogen (secondary N) is 1. The molecule has 0 bridgehead atoms. The minimum atomic E-state index is -3.58. The quantitative estimate of drug-likeness (QED) is 0.841. The van der Waals surface area contributed by atoms with E-state index in [0.717, 1.165) is 6.42 Å². The van der Waals surface area contributed by atoms with Gasteiger partial charge in [0, 0.05) is 25.2 Å². The predicted molar refractivity (Wildman–Crippen MR) is 78.5 cm³/mol. The van der Waals surface area contributed by atoms with Gasteiger partial charge in [-0.05, 0) is 38.1 Å². The number of sulfonamides is 1. The molecule has 0 saturated carbocycles. The number of benzene rings is 1. The SMILES string of the molecule is CCNCc1cc(S(=O)(=O)N(C)C(C)CC)ccc1F.